The minimum Gasteiger partial charge on any atom is -0.355 e. The van der Waals surface area contributed by atoms with Crippen LogP contribution in [0.2, 0.25) is 0 Å². The number of hydrogen-bond acceptors (Lipinski definition) is 4. The number of amides is 2. The number of hydrogen-bond donors (Lipinski definition) is 1. The van der Waals surface area contributed by atoms with Crippen molar-refractivity contribution >= 4 is 23.2 Å². The van der Waals surface area contributed by atoms with Gasteiger partial charge in [-0.15, -0.1) is 11.3 Å². The molecule has 1 N–H and O–H groups in total. The van der Waals surface area contributed by atoms with Crippen molar-refractivity contribution in [1.82, 2.24) is 15.2 Å². The molecule has 22 heavy (non-hydrogen) atoms. The SMILES string of the molecule is CCCCC(=O)N1CCC(C(=O)NCCc2cscn2)CC1. The third-order valence-electron chi connectivity index (χ3n) is 4.13. The highest BCUT2D eigenvalue weighted by Crippen LogP contribution is 2.18. The number of rotatable bonds is 7. The summed E-state index contributed by atoms with van der Waals surface area (Å²) in [6, 6.07) is 0. The van der Waals surface area contributed by atoms with Crippen molar-refractivity contribution in [2.75, 3.05) is 19.6 Å². The second kappa shape index (κ2) is 8.88. The monoisotopic (exact) mass is 323 g/mol. The van der Waals surface area contributed by atoms with E-state index in [0.29, 0.717) is 26.1 Å². The van der Waals surface area contributed by atoms with Crippen molar-refractivity contribution in [3.05, 3.63) is 16.6 Å². The van der Waals surface area contributed by atoms with Gasteiger partial charge in [-0.25, -0.2) is 4.98 Å². The highest BCUT2D eigenvalue weighted by Gasteiger charge is 2.26. The summed E-state index contributed by atoms with van der Waals surface area (Å²) < 4.78 is 0. The third kappa shape index (κ3) is 5.09. The number of aromatic nitrogens is 1. The molecule has 5 nitrogen and oxygen atoms in total. The lowest BCUT2D eigenvalue weighted by Crippen LogP contribution is -2.43. The van der Waals surface area contributed by atoms with Crippen molar-refractivity contribution < 1.29 is 9.59 Å². The molecule has 2 heterocycles. The van der Waals surface area contributed by atoms with Crippen LogP contribution < -0.4 is 5.32 Å². The molecule has 0 aromatic carbocycles. The number of carbonyl (C=O) groups is 2. The molecule has 1 aliphatic rings. The zero-order valence-corrected chi connectivity index (χ0v) is 14.0. The molecule has 2 amide bonds. The van der Waals surface area contributed by atoms with Gasteiger partial charge in [0, 0.05) is 43.8 Å². The maximum Gasteiger partial charge on any atom is 0.223 e. The number of unbranched alkanes of at least 4 members (excludes halogenated alkanes) is 1. The quantitative estimate of drug-likeness (QED) is 0.837. The number of likely N-dealkylation sites (tertiary alicyclic amines) is 1. The van der Waals surface area contributed by atoms with E-state index in [1.807, 2.05) is 15.8 Å². The fourth-order valence-electron chi connectivity index (χ4n) is 2.70. The van der Waals surface area contributed by atoms with E-state index < -0.39 is 0 Å². The van der Waals surface area contributed by atoms with Gasteiger partial charge in [0.15, 0.2) is 0 Å². The molecule has 0 unspecified atom stereocenters. The van der Waals surface area contributed by atoms with Crippen LogP contribution in [0.25, 0.3) is 0 Å². The van der Waals surface area contributed by atoms with E-state index in [1.165, 1.54) is 0 Å². The van der Waals surface area contributed by atoms with Crippen molar-refractivity contribution in [2.45, 2.75) is 45.4 Å². The maximum atomic E-state index is 12.1. The molecule has 1 aromatic heterocycles. The molecule has 0 bridgehead atoms. The van der Waals surface area contributed by atoms with E-state index in [4.69, 9.17) is 0 Å². The molecule has 6 heteroatoms. The fourth-order valence-corrected chi connectivity index (χ4v) is 3.29. The number of carbonyl (C=O) groups excluding carboxylic acids is 2. The van der Waals surface area contributed by atoms with Crippen LogP contribution in [0.1, 0.15) is 44.7 Å². The van der Waals surface area contributed by atoms with E-state index in [1.54, 1.807) is 11.3 Å². The van der Waals surface area contributed by atoms with Gasteiger partial charge >= 0.3 is 0 Å². The van der Waals surface area contributed by atoms with Crippen molar-refractivity contribution in [2.24, 2.45) is 5.92 Å². The Morgan fingerprint density at radius 3 is 2.82 bits per heavy atom. The van der Waals surface area contributed by atoms with E-state index in [9.17, 15) is 9.59 Å². The van der Waals surface area contributed by atoms with Crippen LogP contribution in [0.4, 0.5) is 0 Å². The Morgan fingerprint density at radius 1 is 1.41 bits per heavy atom. The molecule has 0 atom stereocenters. The Bertz CT molecular complexity index is 468. The van der Waals surface area contributed by atoms with Gasteiger partial charge in [-0.1, -0.05) is 13.3 Å². The molecule has 1 aliphatic heterocycles. The smallest absolute Gasteiger partial charge is 0.223 e. The second-order valence-corrected chi connectivity index (χ2v) is 6.50. The molecule has 0 spiro atoms. The number of piperidine rings is 1. The summed E-state index contributed by atoms with van der Waals surface area (Å²) in [5.74, 6) is 0.408. The van der Waals surface area contributed by atoms with Crippen LogP contribution in [0.5, 0.6) is 0 Å². The standard InChI is InChI=1S/C16H25N3O2S/c1-2-3-4-15(20)19-9-6-13(7-10-19)16(21)17-8-5-14-11-22-12-18-14/h11-13H,2-10H2,1H3,(H,17,21). The largest absolute Gasteiger partial charge is 0.355 e. The van der Waals surface area contributed by atoms with Gasteiger partial charge < -0.3 is 10.2 Å². The lowest BCUT2D eigenvalue weighted by molar-refractivity contribution is -0.135. The summed E-state index contributed by atoms with van der Waals surface area (Å²) >= 11 is 1.57. The van der Waals surface area contributed by atoms with Crippen LogP contribution in [-0.4, -0.2) is 41.3 Å². The van der Waals surface area contributed by atoms with Gasteiger partial charge in [-0.3, -0.25) is 9.59 Å². The Hall–Kier alpha value is -1.43. The zero-order valence-electron chi connectivity index (χ0n) is 13.2. The van der Waals surface area contributed by atoms with E-state index in [2.05, 4.69) is 17.2 Å². The second-order valence-electron chi connectivity index (χ2n) is 5.78. The first-order chi connectivity index (χ1) is 10.7. The summed E-state index contributed by atoms with van der Waals surface area (Å²) in [7, 11) is 0. The van der Waals surface area contributed by atoms with E-state index >= 15 is 0 Å². The number of thiazole rings is 1. The van der Waals surface area contributed by atoms with Crippen molar-refractivity contribution in [3.8, 4) is 0 Å². The number of nitrogens with zero attached hydrogens (tertiary/aromatic N) is 2. The van der Waals surface area contributed by atoms with Gasteiger partial charge in [0.1, 0.15) is 0 Å². The van der Waals surface area contributed by atoms with Crippen LogP contribution in [0, 0.1) is 5.92 Å². The fraction of sp³-hybridized carbons (Fsp3) is 0.688. The lowest BCUT2D eigenvalue weighted by atomic mass is 9.95. The lowest BCUT2D eigenvalue weighted by Gasteiger charge is -2.31. The first-order valence-electron chi connectivity index (χ1n) is 8.13. The molecule has 1 saturated heterocycles. The van der Waals surface area contributed by atoms with Crippen LogP contribution in [0.15, 0.2) is 10.9 Å². The highest BCUT2D eigenvalue weighted by molar-refractivity contribution is 7.07. The summed E-state index contributed by atoms with van der Waals surface area (Å²) in [5, 5.41) is 5.00. The van der Waals surface area contributed by atoms with E-state index in [-0.39, 0.29) is 17.7 Å². The first kappa shape index (κ1) is 16.9. The summed E-state index contributed by atoms with van der Waals surface area (Å²) in [6.45, 7) is 4.16. The van der Waals surface area contributed by atoms with Crippen molar-refractivity contribution in [1.29, 1.82) is 0 Å². The average Bonchev–Trinajstić information content (AvgIpc) is 3.06. The number of nitrogens with one attached hydrogen (secondary N) is 1. The maximum absolute atomic E-state index is 12.1. The van der Waals surface area contributed by atoms with Crippen molar-refractivity contribution in [3.63, 3.8) is 0 Å². The summed E-state index contributed by atoms with van der Waals surface area (Å²) in [4.78, 5) is 30.2. The average molecular weight is 323 g/mol. The molecule has 0 saturated carbocycles. The molecule has 0 radical (unpaired) electrons. The Kier molecular flexibility index (Phi) is 6.83. The van der Waals surface area contributed by atoms with Crippen LogP contribution in [0.3, 0.4) is 0 Å². The summed E-state index contributed by atoms with van der Waals surface area (Å²) in [6.07, 6.45) is 4.98. The highest BCUT2D eigenvalue weighted by atomic mass is 32.1. The molecular formula is C16H25N3O2S. The minimum atomic E-state index is 0.0469. The van der Waals surface area contributed by atoms with Gasteiger partial charge in [0.05, 0.1) is 11.2 Å². The normalized spacial score (nSPS) is 15.8. The molecule has 0 aliphatic carbocycles. The van der Waals surface area contributed by atoms with Gasteiger partial charge in [-0.05, 0) is 19.3 Å². The molecule has 122 valence electrons. The Labute approximate surface area is 136 Å². The Balaban J connectivity index is 1.65. The Morgan fingerprint density at radius 2 is 2.18 bits per heavy atom. The van der Waals surface area contributed by atoms with Gasteiger partial charge in [-0.2, -0.15) is 0 Å². The molecule has 1 fully saturated rings. The minimum absolute atomic E-state index is 0.0469. The van der Waals surface area contributed by atoms with Crippen LogP contribution >= 0.6 is 11.3 Å². The van der Waals surface area contributed by atoms with Gasteiger partial charge in [0.2, 0.25) is 11.8 Å². The molecule has 2 rings (SSSR count). The first-order valence-corrected chi connectivity index (χ1v) is 9.07. The molecule has 1 aromatic rings. The summed E-state index contributed by atoms with van der Waals surface area (Å²) in [5.41, 5.74) is 2.84. The van der Waals surface area contributed by atoms with E-state index in [0.717, 1.165) is 37.8 Å². The van der Waals surface area contributed by atoms with Crippen LogP contribution in [-0.2, 0) is 16.0 Å². The van der Waals surface area contributed by atoms with Gasteiger partial charge in [0.25, 0.3) is 0 Å². The topological polar surface area (TPSA) is 62.3 Å². The third-order valence-corrected chi connectivity index (χ3v) is 4.76. The zero-order chi connectivity index (χ0) is 15.8. The predicted molar refractivity (Wildman–Crippen MR) is 87.7 cm³/mol. The molecular weight excluding hydrogens is 298 g/mol. The predicted octanol–water partition coefficient (Wildman–Crippen LogP) is 2.23.